The Morgan fingerprint density at radius 2 is 2.05 bits per heavy atom. The van der Waals surface area contributed by atoms with Crippen LogP contribution in [0.4, 0.5) is 5.69 Å². The number of aromatic nitrogens is 2. The van der Waals surface area contributed by atoms with Crippen LogP contribution in [0.15, 0.2) is 28.8 Å². The molecule has 112 valence electrons. The largest absolute Gasteiger partial charge is 0.398 e. The number of nitrogen functional groups attached to an aromatic ring is 1. The van der Waals surface area contributed by atoms with E-state index < -0.39 is 5.60 Å². The Morgan fingerprint density at radius 1 is 1.29 bits per heavy atom. The fraction of sp³-hybridized carbons (Fsp3) is 0.467. The van der Waals surface area contributed by atoms with Crippen molar-refractivity contribution in [3.63, 3.8) is 0 Å². The van der Waals surface area contributed by atoms with E-state index >= 15 is 0 Å². The molecule has 0 saturated carbocycles. The van der Waals surface area contributed by atoms with Crippen molar-refractivity contribution in [1.82, 2.24) is 10.1 Å². The van der Waals surface area contributed by atoms with Gasteiger partial charge >= 0.3 is 0 Å². The number of ether oxygens (including phenoxy) is 2. The van der Waals surface area contributed by atoms with Gasteiger partial charge in [-0.25, -0.2) is 0 Å². The van der Waals surface area contributed by atoms with Gasteiger partial charge in [-0.05, 0) is 19.1 Å². The lowest BCUT2D eigenvalue weighted by atomic mass is 9.93. The zero-order chi connectivity index (χ0) is 14.7. The first-order valence-electron chi connectivity index (χ1n) is 7.16. The van der Waals surface area contributed by atoms with Crippen molar-refractivity contribution >= 4 is 5.69 Å². The molecule has 2 heterocycles. The number of rotatable bonds is 4. The van der Waals surface area contributed by atoms with Gasteiger partial charge in [-0.2, -0.15) is 4.98 Å². The fourth-order valence-electron chi connectivity index (χ4n) is 2.62. The van der Waals surface area contributed by atoms with E-state index in [9.17, 15) is 0 Å². The second-order valence-corrected chi connectivity index (χ2v) is 5.05. The number of nitrogens with zero attached hydrogens (tertiary/aromatic N) is 2. The third-order valence-corrected chi connectivity index (χ3v) is 3.75. The Bertz CT molecular complexity index is 600. The van der Waals surface area contributed by atoms with Gasteiger partial charge < -0.3 is 19.7 Å². The van der Waals surface area contributed by atoms with Crippen LogP contribution in [0.3, 0.4) is 0 Å². The van der Waals surface area contributed by atoms with Gasteiger partial charge in [0.15, 0.2) is 0 Å². The molecule has 0 spiro atoms. The molecule has 2 aromatic rings. The van der Waals surface area contributed by atoms with E-state index in [1.807, 2.05) is 31.2 Å². The molecule has 1 saturated heterocycles. The number of nitrogens with two attached hydrogens (primary N) is 1. The van der Waals surface area contributed by atoms with Crippen LogP contribution < -0.4 is 5.73 Å². The lowest BCUT2D eigenvalue weighted by molar-refractivity contribution is -0.118. The van der Waals surface area contributed by atoms with Crippen LogP contribution in [0.1, 0.15) is 25.6 Å². The van der Waals surface area contributed by atoms with Crippen LogP contribution in [0, 0.1) is 0 Å². The van der Waals surface area contributed by atoms with E-state index in [-0.39, 0.29) is 0 Å². The third-order valence-electron chi connectivity index (χ3n) is 3.75. The summed E-state index contributed by atoms with van der Waals surface area (Å²) < 4.78 is 16.8. The van der Waals surface area contributed by atoms with Gasteiger partial charge in [0, 0.05) is 38.3 Å². The molecule has 21 heavy (non-hydrogen) atoms. The molecule has 1 aliphatic heterocycles. The monoisotopic (exact) mass is 289 g/mol. The number of benzene rings is 1. The highest BCUT2D eigenvalue weighted by atomic mass is 16.5. The van der Waals surface area contributed by atoms with E-state index in [0.29, 0.717) is 37.2 Å². The molecule has 1 aromatic heterocycles. The minimum absolute atomic E-state index is 0.425. The molecule has 6 heteroatoms. The zero-order valence-corrected chi connectivity index (χ0v) is 12.0. The van der Waals surface area contributed by atoms with Crippen LogP contribution in [0.2, 0.25) is 0 Å². The summed E-state index contributed by atoms with van der Waals surface area (Å²) in [4.78, 5) is 4.52. The predicted molar refractivity (Wildman–Crippen MR) is 77.5 cm³/mol. The van der Waals surface area contributed by atoms with Gasteiger partial charge in [0.2, 0.25) is 5.82 Å². The highest BCUT2D eigenvalue weighted by Gasteiger charge is 2.40. The van der Waals surface area contributed by atoms with Crippen LogP contribution in [0.25, 0.3) is 11.5 Å². The minimum Gasteiger partial charge on any atom is -0.398 e. The number of hydrogen-bond acceptors (Lipinski definition) is 6. The zero-order valence-electron chi connectivity index (χ0n) is 12.0. The molecule has 0 unspecified atom stereocenters. The minimum atomic E-state index is -0.516. The van der Waals surface area contributed by atoms with Gasteiger partial charge in [0.1, 0.15) is 5.60 Å². The van der Waals surface area contributed by atoms with Crippen molar-refractivity contribution in [1.29, 1.82) is 0 Å². The maximum absolute atomic E-state index is 5.95. The standard InChI is InChI=1S/C15H19N3O3/c1-2-20-15(7-9-19-10-8-15)14-17-13(21-18-14)11-5-3-4-6-12(11)16/h3-6H,2,7-10,16H2,1H3. The summed E-state index contributed by atoms with van der Waals surface area (Å²) in [6, 6.07) is 7.44. The number of hydrogen-bond donors (Lipinski definition) is 1. The van der Waals surface area contributed by atoms with Crippen LogP contribution in [-0.4, -0.2) is 30.0 Å². The molecular formula is C15H19N3O3. The van der Waals surface area contributed by atoms with Gasteiger partial charge in [-0.1, -0.05) is 17.3 Å². The number of anilines is 1. The first kappa shape index (κ1) is 14.0. The van der Waals surface area contributed by atoms with Crippen molar-refractivity contribution in [2.45, 2.75) is 25.4 Å². The normalized spacial score (nSPS) is 17.8. The van der Waals surface area contributed by atoms with E-state index in [4.69, 9.17) is 19.7 Å². The van der Waals surface area contributed by atoms with Gasteiger partial charge in [0.25, 0.3) is 5.89 Å². The Kier molecular flexibility index (Phi) is 3.90. The van der Waals surface area contributed by atoms with Gasteiger partial charge in [-0.15, -0.1) is 0 Å². The summed E-state index contributed by atoms with van der Waals surface area (Å²) in [6.07, 6.45) is 1.45. The van der Waals surface area contributed by atoms with Crippen molar-refractivity contribution in [2.24, 2.45) is 0 Å². The second-order valence-electron chi connectivity index (χ2n) is 5.05. The maximum atomic E-state index is 5.95. The Balaban J connectivity index is 1.94. The van der Waals surface area contributed by atoms with Crippen LogP contribution >= 0.6 is 0 Å². The quantitative estimate of drug-likeness (QED) is 0.870. The molecule has 0 amide bonds. The van der Waals surface area contributed by atoms with Gasteiger partial charge in [-0.3, -0.25) is 0 Å². The summed E-state index contributed by atoms with van der Waals surface area (Å²) in [5, 5.41) is 4.13. The van der Waals surface area contributed by atoms with E-state index in [0.717, 1.165) is 18.4 Å². The SMILES string of the molecule is CCOC1(c2noc(-c3ccccc3N)n2)CCOCC1. The Labute approximate surface area is 123 Å². The first-order valence-corrected chi connectivity index (χ1v) is 7.16. The van der Waals surface area contributed by atoms with Crippen molar-refractivity contribution in [2.75, 3.05) is 25.6 Å². The van der Waals surface area contributed by atoms with Gasteiger partial charge in [0.05, 0.1) is 5.56 Å². The molecule has 1 aromatic carbocycles. The molecule has 6 nitrogen and oxygen atoms in total. The molecule has 0 atom stereocenters. The molecular weight excluding hydrogens is 270 g/mol. The first-order chi connectivity index (χ1) is 10.2. The smallest absolute Gasteiger partial charge is 0.260 e. The van der Waals surface area contributed by atoms with Crippen molar-refractivity contribution < 1.29 is 14.0 Å². The molecule has 0 aliphatic carbocycles. The van der Waals surface area contributed by atoms with Crippen molar-refractivity contribution in [3.8, 4) is 11.5 Å². The average Bonchev–Trinajstić information content (AvgIpc) is 2.99. The molecule has 0 bridgehead atoms. The molecule has 3 rings (SSSR count). The van der Waals surface area contributed by atoms with E-state index in [1.165, 1.54) is 0 Å². The summed E-state index contributed by atoms with van der Waals surface area (Å²) in [5.41, 5.74) is 6.80. The third kappa shape index (κ3) is 2.64. The average molecular weight is 289 g/mol. The molecule has 1 aliphatic rings. The summed E-state index contributed by atoms with van der Waals surface area (Å²) in [5.74, 6) is 1.000. The highest BCUT2D eigenvalue weighted by Crippen LogP contribution is 2.35. The molecule has 0 radical (unpaired) electrons. The fourth-order valence-corrected chi connectivity index (χ4v) is 2.62. The topological polar surface area (TPSA) is 83.4 Å². The summed E-state index contributed by atoms with van der Waals surface area (Å²) >= 11 is 0. The summed E-state index contributed by atoms with van der Waals surface area (Å²) in [7, 11) is 0. The molecule has 1 fully saturated rings. The number of para-hydroxylation sites is 1. The van der Waals surface area contributed by atoms with E-state index in [1.54, 1.807) is 0 Å². The lowest BCUT2D eigenvalue weighted by Crippen LogP contribution is -2.37. The van der Waals surface area contributed by atoms with Crippen LogP contribution in [-0.2, 0) is 15.1 Å². The summed E-state index contributed by atoms with van der Waals surface area (Å²) in [6.45, 7) is 3.83. The second kappa shape index (κ2) is 5.83. The predicted octanol–water partition coefficient (Wildman–Crippen LogP) is 2.36. The van der Waals surface area contributed by atoms with Crippen molar-refractivity contribution in [3.05, 3.63) is 30.1 Å². The Hall–Kier alpha value is -1.92. The van der Waals surface area contributed by atoms with E-state index in [2.05, 4.69) is 10.1 Å². The maximum Gasteiger partial charge on any atom is 0.260 e. The highest BCUT2D eigenvalue weighted by molar-refractivity contribution is 5.69. The van der Waals surface area contributed by atoms with Crippen LogP contribution in [0.5, 0.6) is 0 Å². The Morgan fingerprint density at radius 3 is 2.76 bits per heavy atom. The lowest BCUT2D eigenvalue weighted by Gasteiger charge is -2.33. The molecule has 2 N–H and O–H groups in total.